The van der Waals surface area contributed by atoms with E-state index in [1.165, 1.54) is 4.90 Å². The van der Waals surface area contributed by atoms with Gasteiger partial charge in [0.25, 0.3) is 0 Å². The Kier molecular flexibility index (Phi) is 9.68. The first-order chi connectivity index (χ1) is 15.0. The minimum absolute atomic E-state index is 0. The van der Waals surface area contributed by atoms with Crippen LogP contribution in [0.25, 0.3) is 0 Å². The van der Waals surface area contributed by atoms with Crippen molar-refractivity contribution in [2.75, 3.05) is 18.1 Å². The Balaban J connectivity index is 0.00000363. The molecule has 0 aliphatic carbocycles. The Labute approximate surface area is 194 Å². The number of aliphatic carboxylic acids is 1. The Morgan fingerprint density at radius 2 is 1.84 bits per heavy atom. The number of fused-ring (bicyclic) bond motifs is 1. The van der Waals surface area contributed by atoms with Gasteiger partial charge in [0.1, 0.15) is 12.6 Å². The molecule has 1 aliphatic heterocycles. The van der Waals surface area contributed by atoms with Crippen LogP contribution in [0.1, 0.15) is 30.9 Å². The summed E-state index contributed by atoms with van der Waals surface area (Å²) in [7, 11) is 0. The van der Waals surface area contributed by atoms with Crippen LogP contribution in [0.15, 0.2) is 54.6 Å². The number of carboxylic acid groups (broad SMARTS) is 1. The molecular formula is C24H29ClN2O5. The molecular weight excluding hydrogens is 432 g/mol. The first-order valence-corrected chi connectivity index (χ1v) is 10.6. The Bertz CT molecular complexity index is 922. The van der Waals surface area contributed by atoms with Gasteiger partial charge in [0.2, 0.25) is 5.91 Å². The lowest BCUT2D eigenvalue weighted by atomic mass is 10.0. The van der Waals surface area contributed by atoms with E-state index in [-0.39, 0.29) is 24.9 Å². The highest BCUT2D eigenvalue weighted by Crippen LogP contribution is 2.27. The number of esters is 1. The number of hydrogen-bond acceptors (Lipinski definition) is 5. The second kappa shape index (κ2) is 12.2. The number of carbonyl (C=O) groups is 3. The largest absolute Gasteiger partial charge is 0.480 e. The van der Waals surface area contributed by atoms with Crippen LogP contribution in [0.3, 0.4) is 0 Å². The number of aryl methyl sites for hydroxylation is 2. The van der Waals surface area contributed by atoms with Crippen molar-refractivity contribution in [1.29, 1.82) is 0 Å². The van der Waals surface area contributed by atoms with Crippen LogP contribution >= 0.6 is 12.4 Å². The molecule has 1 heterocycles. The van der Waals surface area contributed by atoms with Gasteiger partial charge in [-0.25, -0.2) is 0 Å². The molecule has 8 heteroatoms. The van der Waals surface area contributed by atoms with Crippen LogP contribution in [-0.4, -0.2) is 48.2 Å². The molecule has 0 spiro atoms. The summed E-state index contributed by atoms with van der Waals surface area (Å²) in [6.45, 7) is 1.56. The topological polar surface area (TPSA) is 95.9 Å². The molecule has 0 radical (unpaired) electrons. The lowest BCUT2D eigenvalue weighted by Gasteiger charge is -2.27. The molecule has 2 atom stereocenters. The number of halogens is 1. The third kappa shape index (κ3) is 6.55. The smallest absolute Gasteiger partial charge is 0.323 e. The summed E-state index contributed by atoms with van der Waals surface area (Å²) in [6, 6.07) is 15.8. The zero-order valence-electron chi connectivity index (χ0n) is 18.0. The van der Waals surface area contributed by atoms with Crippen LogP contribution in [0, 0.1) is 0 Å². The summed E-state index contributed by atoms with van der Waals surface area (Å²) in [5.41, 5.74) is 2.61. The Morgan fingerprint density at radius 3 is 2.53 bits per heavy atom. The summed E-state index contributed by atoms with van der Waals surface area (Å²) in [4.78, 5) is 38.6. The van der Waals surface area contributed by atoms with Crippen molar-refractivity contribution in [2.45, 2.75) is 44.7 Å². The zero-order valence-corrected chi connectivity index (χ0v) is 18.8. The second-order valence-corrected chi connectivity index (χ2v) is 7.53. The van der Waals surface area contributed by atoms with Gasteiger partial charge in [-0.2, -0.15) is 0 Å². The standard InChI is InChI=1S/C24H28N2O5.ClH/c1-2-31-24(30)20(14-12-17-8-4-3-5-9-17)25-19-15-13-18-10-6-7-11-21(18)26(23(19)29)16-22(27)28;/h3-11,19-20,25H,2,12-16H2,1H3,(H,27,28);1H/t19-,20+;/m1./s1. The summed E-state index contributed by atoms with van der Waals surface area (Å²) < 4.78 is 5.23. The number of anilines is 1. The molecule has 0 fully saturated rings. The molecule has 2 N–H and O–H groups in total. The van der Waals surface area contributed by atoms with Crippen LogP contribution in [0.2, 0.25) is 0 Å². The fourth-order valence-corrected chi connectivity index (χ4v) is 3.88. The van der Waals surface area contributed by atoms with Crippen LogP contribution in [0.4, 0.5) is 5.69 Å². The highest BCUT2D eigenvalue weighted by Gasteiger charge is 2.34. The Hall–Kier alpha value is -2.90. The maximum atomic E-state index is 13.3. The van der Waals surface area contributed by atoms with Gasteiger partial charge in [-0.1, -0.05) is 48.5 Å². The molecule has 7 nitrogen and oxygen atoms in total. The minimum Gasteiger partial charge on any atom is -0.480 e. The molecule has 2 aromatic carbocycles. The third-order valence-corrected chi connectivity index (χ3v) is 5.38. The quantitative estimate of drug-likeness (QED) is 0.558. The SMILES string of the molecule is CCOC(=O)[C@H](CCc1ccccc1)N[C@@H]1CCc2ccccc2N(CC(=O)O)C1=O.Cl. The second-order valence-electron chi connectivity index (χ2n) is 7.53. The molecule has 0 aromatic heterocycles. The number of nitrogens with one attached hydrogen (secondary N) is 1. The van der Waals surface area contributed by atoms with Gasteiger partial charge in [-0.15, -0.1) is 12.4 Å². The highest BCUT2D eigenvalue weighted by molar-refractivity contribution is 6.02. The zero-order chi connectivity index (χ0) is 22.2. The average Bonchev–Trinajstić information content (AvgIpc) is 2.89. The summed E-state index contributed by atoms with van der Waals surface area (Å²) in [6.07, 6.45) is 2.19. The van der Waals surface area contributed by atoms with Gasteiger partial charge in [0, 0.05) is 5.69 Å². The fraction of sp³-hybridized carbons (Fsp3) is 0.375. The number of ether oxygens (including phenoxy) is 1. The third-order valence-electron chi connectivity index (χ3n) is 5.38. The van der Waals surface area contributed by atoms with E-state index in [4.69, 9.17) is 4.74 Å². The first-order valence-electron chi connectivity index (χ1n) is 10.6. The molecule has 172 valence electrons. The van der Waals surface area contributed by atoms with Gasteiger partial charge in [-0.3, -0.25) is 24.6 Å². The maximum absolute atomic E-state index is 13.3. The molecule has 0 unspecified atom stereocenters. The predicted octanol–water partition coefficient (Wildman–Crippen LogP) is 2.99. The highest BCUT2D eigenvalue weighted by atomic mass is 35.5. The van der Waals surface area contributed by atoms with Crippen LogP contribution in [0.5, 0.6) is 0 Å². The van der Waals surface area contributed by atoms with Crippen molar-refractivity contribution in [3.63, 3.8) is 0 Å². The number of para-hydroxylation sites is 1. The lowest BCUT2D eigenvalue weighted by Crippen LogP contribution is -2.53. The van der Waals surface area contributed by atoms with Crippen molar-refractivity contribution in [2.24, 2.45) is 0 Å². The van der Waals surface area contributed by atoms with E-state index < -0.39 is 30.6 Å². The van der Waals surface area contributed by atoms with E-state index >= 15 is 0 Å². The van der Waals surface area contributed by atoms with Crippen LogP contribution < -0.4 is 10.2 Å². The summed E-state index contributed by atoms with van der Waals surface area (Å²) in [5, 5.41) is 12.5. The van der Waals surface area contributed by atoms with E-state index in [2.05, 4.69) is 5.32 Å². The van der Waals surface area contributed by atoms with E-state index in [9.17, 15) is 19.5 Å². The number of hydrogen-bond donors (Lipinski definition) is 2. The van der Waals surface area contributed by atoms with Crippen LogP contribution in [-0.2, 0) is 32.0 Å². The monoisotopic (exact) mass is 460 g/mol. The Morgan fingerprint density at radius 1 is 1.16 bits per heavy atom. The van der Waals surface area contributed by atoms with Crippen molar-refractivity contribution >= 4 is 35.9 Å². The number of amides is 1. The van der Waals surface area contributed by atoms with Gasteiger partial charge in [0.05, 0.1) is 12.6 Å². The van der Waals surface area contributed by atoms with E-state index in [0.717, 1.165) is 11.1 Å². The molecule has 1 aliphatic rings. The van der Waals surface area contributed by atoms with Gasteiger partial charge < -0.3 is 9.84 Å². The first kappa shape index (κ1) is 25.4. The molecule has 0 saturated carbocycles. The lowest BCUT2D eigenvalue weighted by molar-refractivity contribution is -0.146. The van der Waals surface area contributed by atoms with Gasteiger partial charge >= 0.3 is 11.9 Å². The van der Waals surface area contributed by atoms with Crippen molar-refractivity contribution < 1.29 is 24.2 Å². The summed E-state index contributed by atoms with van der Waals surface area (Å²) >= 11 is 0. The van der Waals surface area contributed by atoms with Crippen molar-refractivity contribution in [1.82, 2.24) is 5.32 Å². The molecule has 0 bridgehead atoms. The fourth-order valence-electron chi connectivity index (χ4n) is 3.88. The number of rotatable bonds is 9. The molecule has 2 aromatic rings. The average molecular weight is 461 g/mol. The maximum Gasteiger partial charge on any atom is 0.323 e. The van der Waals surface area contributed by atoms with Gasteiger partial charge in [0.15, 0.2) is 0 Å². The van der Waals surface area contributed by atoms with E-state index in [1.807, 2.05) is 42.5 Å². The number of carboxylic acids is 1. The van der Waals surface area contributed by atoms with Crippen molar-refractivity contribution in [3.8, 4) is 0 Å². The molecule has 0 saturated heterocycles. The number of nitrogens with zero attached hydrogens (tertiary/aromatic N) is 1. The van der Waals surface area contributed by atoms with E-state index in [1.54, 1.807) is 19.1 Å². The minimum atomic E-state index is -1.09. The molecule has 1 amide bonds. The van der Waals surface area contributed by atoms with Crippen molar-refractivity contribution in [3.05, 3.63) is 65.7 Å². The molecule has 3 rings (SSSR count). The normalized spacial score (nSPS) is 16.3. The number of carbonyl (C=O) groups excluding carboxylic acids is 2. The predicted molar refractivity (Wildman–Crippen MR) is 124 cm³/mol. The number of benzene rings is 2. The molecule has 32 heavy (non-hydrogen) atoms. The van der Waals surface area contributed by atoms with Gasteiger partial charge in [-0.05, 0) is 49.8 Å². The summed E-state index contributed by atoms with van der Waals surface area (Å²) in [5.74, 6) is -1.84. The van der Waals surface area contributed by atoms with E-state index in [0.29, 0.717) is 31.4 Å².